The third-order valence-electron chi connectivity index (χ3n) is 6.47. The minimum atomic E-state index is -3.89. The van der Waals surface area contributed by atoms with Gasteiger partial charge in [-0.1, -0.05) is 36.6 Å². The van der Waals surface area contributed by atoms with Crippen LogP contribution in [0.1, 0.15) is 38.2 Å². The second-order valence-corrected chi connectivity index (χ2v) is 11.5. The molecule has 0 spiro atoms. The van der Waals surface area contributed by atoms with Gasteiger partial charge >= 0.3 is 0 Å². The highest BCUT2D eigenvalue weighted by Gasteiger charge is 2.32. The summed E-state index contributed by atoms with van der Waals surface area (Å²) in [4.78, 5) is 28.2. The van der Waals surface area contributed by atoms with Crippen molar-refractivity contribution in [2.45, 2.75) is 51.2 Å². The Labute approximate surface area is 223 Å². The lowest BCUT2D eigenvalue weighted by molar-refractivity contribution is -0.139. The standard InChI is InChI=1S/C26H34ClN3O6S/c1-18(26(32)28-21-7-5-6-8-21)29(16-19-9-11-20(27)12-10-19)25(31)17-30(37(4,33)34)23-14-13-22(35-2)15-24(23)36-3/h9-15,18,21H,5-8,16-17H2,1-4H3,(H,28,32). The number of rotatable bonds is 11. The number of halogens is 1. The van der Waals surface area contributed by atoms with Gasteiger partial charge in [0, 0.05) is 23.7 Å². The Kier molecular flexibility index (Phi) is 9.67. The lowest BCUT2D eigenvalue weighted by Gasteiger charge is -2.32. The molecule has 0 heterocycles. The van der Waals surface area contributed by atoms with E-state index in [0.29, 0.717) is 10.8 Å². The molecule has 2 aromatic carbocycles. The van der Waals surface area contributed by atoms with Crippen LogP contribution in [0.3, 0.4) is 0 Å². The average Bonchev–Trinajstić information content (AvgIpc) is 3.38. The molecule has 9 nitrogen and oxygen atoms in total. The van der Waals surface area contributed by atoms with Gasteiger partial charge in [0.05, 0.1) is 26.2 Å². The number of ether oxygens (including phenoxy) is 2. The Morgan fingerprint density at radius 3 is 2.30 bits per heavy atom. The molecule has 1 aliphatic rings. The third kappa shape index (κ3) is 7.52. The number of nitrogens with zero attached hydrogens (tertiary/aromatic N) is 2. The maximum absolute atomic E-state index is 13.7. The first-order chi connectivity index (χ1) is 17.5. The molecule has 3 rings (SSSR count). The minimum Gasteiger partial charge on any atom is -0.497 e. The summed E-state index contributed by atoms with van der Waals surface area (Å²) in [6.07, 6.45) is 4.94. The van der Waals surface area contributed by atoms with Crippen LogP contribution < -0.4 is 19.1 Å². The second kappa shape index (κ2) is 12.5. The lowest BCUT2D eigenvalue weighted by atomic mass is 10.1. The van der Waals surface area contributed by atoms with Gasteiger partial charge in [-0.15, -0.1) is 0 Å². The highest BCUT2D eigenvalue weighted by Crippen LogP contribution is 2.33. The number of nitrogens with one attached hydrogen (secondary N) is 1. The van der Waals surface area contributed by atoms with Crippen molar-refractivity contribution in [1.82, 2.24) is 10.2 Å². The molecule has 1 fully saturated rings. The molecule has 0 aliphatic heterocycles. The highest BCUT2D eigenvalue weighted by atomic mass is 35.5. The Bertz CT molecular complexity index is 1200. The van der Waals surface area contributed by atoms with Crippen molar-refractivity contribution in [3.8, 4) is 11.5 Å². The molecule has 37 heavy (non-hydrogen) atoms. The summed E-state index contributed by atoms with van der Waals surface area (Å²) in [6.45, 7) is 1.24. The largest absolute Gasteiger partial charge is 0.497 e. The predicted octanol–water partition coefficient (Wildman–Crippen LogP) is 3.60. The SMILES string of the molecule is COc1ccc(N(CC(=O)N(Cc2ccc(Cl)cc2)C(C)C(=O)NC2CCCC2)S(C)(=O)=O)c(OC)c1. The summed E-state index contributed by atoms with van der Waals surface area (Å²) in [5.41, 5.74) is 0.944. The van der Waals surface area contributed by atoms with Crippen LogP contribution >= 0.6 is 11.6 Å². The Balaban J connectivity index is 1.92. The van der Waals surface area contributed by atoms with Gasteiger partial charge in [0.2, 0.25) is 21.8 Å². The van der Waals surface area contributed by atoms with Crippen LogP contribution in [0, 0.1) is 0 Å². The number of carbonyl (C=O) groups excluding carboxylic acids is 2. The summed E-state index contributed by atoms with van der Waals surface area (Å²) < 4.78 is 37.2. The number of hydrogen-bond donors (Lipinski definition) is 1. The first-order valence-electron chi connectivity index (χ1n) is 12.1. The topological polar surface area (TPSA) is 105 Å². The summed E-state index contributed by atoms with van der Waals surface area (Å²) in [5.74, 6) is -0.106. The number of sulfonamides is 1. The maximum Gasteiger partial charge on any atom is 0.244 e. The van der Waals surface area contributed by atoms with Crippen LogP contribution in [0.25, 0.3) is 0 Å². The van der Waals surface area contributed by atoms with Crippen molar-refractivity contribution in [3.05, 3.63) is 53.1 Å². The molecule has 1 aliphatic carbocycles. The van der Waals surface area contributed by atoms with Gasteiger partial charge in [0.25, 0.3) is 0 Å². The smallest absolute Gasteiger partial charge is 0.244 e. The van der Waals surface area contributed by atoms with Gasteiger partial charge in [-0.25, -0.2) is 8.42 Å². The van der Waals surface area contributed by atoms with E-state index in [2.05, 4.69) is 5.32 Å². The van der Waals surface area contributed by atoms with Crippen LogP contribution in [0.2, 0.25) is 5.02 Å². The maximum atomic E-state index is 13.7. The van der Waals surface area contributed by atoms with Crippen LogP contribution in [-0.4, -0.2) is 64.2 Å². The van der Waals surface area contributed by atoms with E-state index in [9.17, 15) is 18.0 Å². The van der Waals surface area contributed by atoms with E-state index in [1.165, 1.54) is 25.2 Å². The molecule has 0 radical (unpaired) electrons. The molecule has 1 atom stereocenters. The number of amides is 2. The summed E-state index contributed by atoms with van der Waals surface area (Å²) >= 11 is 6.02. The second-order valence-electron chi connectivity index (χ2n) is 9.12. The lowest BCUT2D eigenvalue weighted by Crippen LogP contribution is -2.52. The van der Waals surface area contributed by atoms with Crippen LogP contribution in [0.4, 0.5) is 5.69 Å². The Hall–Kier alpha value is -2.98. The molecule has 1 N–H and O–H groups in total. The Morgan fingerprint density at radius 2 is 1.73 bits per heavy atom. The van der Waals surface area contributed by atoms with Crippen molar-refractivity contribution in [2.75, 3.05) is 31.3 Å². The molecule has 2 aromatic rings. The summed E-state index contributed by atoms with van der Waals surface area (Å²) in [7, 11) is -1.00. The predicted molar refractivity (Wildman–Crippen MR) is 144 cm³/mol. The van der Waals surface area contributed by atoms with E-state index in [1.807, 2.05) is 0 Å². The molecule has 0 bridgehead atoms. The number of methoxy groups -OCH3 is 2. The normalized spacial score (nSPS) is 14.6. The monoisotopic (exact) mass is 551 g/mol. The van der Waals surface area contributed by atoms with E-state index >= 15 is 0 Å². The van der Waals surface area contributed by atoms with Crippen molar-refractivity contribution >= 4 is 39.1 Å². The Morgan fingerprint density at radius 1 is 1.08 bits per heavy atom. The van der Waals surface area contributed by atoms with E-state index in [0.717, 1.165) is 41.8 Å². The summed E-state index contributed by atoms with van der Waals surface area (Å²) in [5, 5.41) is 3.58. The first-order valence-corrected chi connectivity index (χ1v) is 14.3. The average molecular weight is 552 g/mol. The molecule has 0 saturated heterocycles. The van der Waals surface area contributed by atoms with Crippen LogP contribution in [0.15, 0.2) is 42.5 Å². The molecular weight excluding hydrogens is 518 g/mol. The molecular formula is C26H34ClN3O6S. The van der Waals surface area contributed by atoms with Crippen molar-refractivity contribution in [2.24, 2.45) is 0 Å². The number of anilines is 1. The number of hydrogen-bond acceptors (Lipinski definition) is 6. The van der Waals surface area contributed by atoms with Crippen molar-refractivity contribution < 1.29 is 27.5 Å². The molecule has 1 saturated carbocycles. The van der Waals surface area contributed by atoms with Gasteiger partial charge in [-0.05, 0) is 49.6 Å². The fourth-order valence-corrected chi connectivity index (χ4v) is 5.33. The van der Waals surface area contributed by atoms with Gasteiger partial charge in [-0.3, -0.25) is 13.9 Å². The molecule has 1 unspecified atom stereocenters. The fraction of sp³-hybridized carbons (Fsp3) is 0.462. The van der Waals surface area contributed by atoms with Gasteiger partial charge in [-0.2, -0.15) is 0 Å². The van der Waals surface area contributed by atoms with Crippen molar-refractivity contribution in [3.63, 3.8) is 0 Å². The number of carbonyl (C=O) groups is 2. The summed E-state index contributed by atoms with van der Waals surface area (Å²) in [6, 6.07) is 10.8. The molecule has 11 heteroatoms. The molecule has 2 amide bonds. The minimum absolute atomic E-state index is 0.0820. The molecule has 0 aromatic heterocycles. The van der Waals surface area contributed by atoms with Gasteiger partial charge in [0.15, 0.2) is 0 Å². The number of benzene rings is 2. The van der Waals surface area contributed by atoms with E-state index < -0.39 is 28.5 Å². The first kappa shape index (κ1) is 28.6. The van der Waals surface area contributed by atoms with E-state index in [-0.39, 0.29) is 29.9 Å². The van der Waals surface area contributed by atoms with Crippen LogP contribution in [-0.2, 0) is 26.2 Å². The highest BCUT2D eigenvalue weighted by molar-refractivity contribution is 7.92. The zero-order valence-corrected chi connectivity index (χ0v) is 23.1. The zero-order chi connectivity index (χ0) is 27.2. The van der Waals surface area contributed by atoms with Gasteiger partial charge < -0.3 is 19.7 Å². The van der Waals surface area contributed by atoms with E-state index in [1.54, 1.807) is 43.3 Å². The third-order valence-corrected chi connectivity index (χ3v) is 7.85. The van der Waals surface area contributed by atoms with Crippen molar-refractivity contribution in [1.29, 1.82) is 0 Å². The molecule has 202 valence electrons. The van der Waals surface area contributed by atoms with Crippen LogP contribution in [0.5, 0.6) is 11.5 Å². The zero-order valence-electron chi connectivity index (χ0n) is 21.6. The quantitative estimate of drug-likeness (QED) is 0.457. The van der Waals surface area contributed by atoms with Gasteiger partial charge in [0.1, 0.15) is 24.1 Å². The van der Waals surface area contributed by atoms with E-state index in [4.69, 9.17) is 21.1 Å². The fourth-order valence-electron chi connectivity index (χ4n) is 4.35.